The van der Waals surface area contributed by atoms with Crippen molar-refractivity contribution in [3.05, 3.63) is 43.9 Å². The Kier molecular flexibility index (Phi) is 3.68. The fourth-order valence-electron chi connectivity index (χ4n) is 1.21. The minimum Gasteiger partial charge on any atom is -0.506 e. The van der Waals surface area contributed by atoms with Gasteiger partial charge in [0, 0.05) is 35.5 Å². The number of non-ortho nitro benzene ring substituents is 1. The molecular formula is C10H6BrN3O3S. The van der Waals surface area contributed by atoms with E-state index in [-0.39, 0.29) is 21.5 Å². The molecule has 2 aromatic rings. The predicted octanol–water partition coefficient (Wildman–Crippen LogP) is 3.27. The van der Waals surface area contributed by atoms with Crippen molar-refractivity contribution in [3.63, 3.8) is 0 Å². The molecule has 0 atom stereocenters. The molecule has 0 fully saturated rings. The summed E-state index contributed by atoms with van der Waals surface area (Å²) >= 11 is 4.38. The van der Waals surface area contributed by atoms with Crippen LogP contribution in [0.2, 0.25) is 0 Å². The van der Waals surface area contributed by atoms with Gasteiger partial charge in [-0.1, -0.05) is 0 Å². The third-order valence-electron chi connectivity index (χ3n) is 2.02. The number of phenolic OH excluding ortho intramolecular Hbond substituents is 1. The molecule has 0 unspecified atom stereocenters. The standard InChI is InChI=1S/C10H6BrN3O3S/c11-8-4-7(14(16)17)3-6(9(8)15)5-13-10-12-1-2-18-10/h1-5,15H/b13-5+. The van der Waals surface area contributed by atoms with Gasteiger partial charge in [-0.15, -0.1) is 11.3 Å². The van der Waals surface area contributed by atoms with Crippen LogP contribution in [0.5, 0.6) is 5.75 Å². The molecular weight excluding hydrogens is 322 g/mol. The number of thiazole rings is 1. The first-order chi connectivity index (χ1) is 8.58. The predicted molar refractivity (Wildman–Crippen MR) is 71.8 cm³/mol. The van der Waals surface area contributed by atoms with Gasteiger partial charge in [0.15, 0.2) is 0 Å². The third-order valence-corrected chi connectivity index (χ3v) is 3.31. The van der Waals surface area contributed by atoms with E-state index in [2.05, 4.69) is 25.9 Å². The van der Waals surface area contributed by atoms with Gasteiger partial charge in [-0.2, -0.15) is 0 Å². The van der Waals surface area contributed by atoms with Crippen molar-refractivity contribution in [2.24, 2.45) is 4.99 Å². The number of phenols is 1. The van der Waals surface area contributed by atoms with E-state index in [1.807, 2.05) is 0 Å². The topological polar surface area (TPSA) is 88.6 Å². The molecule has 1 aromatic carbocycles. The number of benzene rings is 1. The van der Waals surface area contributed by atoms with Gasteiger partial charge in [0.25, 0.3) is 5.69 Å². The molecule has 0 aliphatic heterocycles. The lowest BCUT2D eigenvalue weighted by molar-refractivity contribution is -0.385. The van der Waals surface area contributed by atoms with Crippen molar-refractivity contribution in [1.82, 2.24) is 4.98 Å². The van der Waals surface area contributed by atoms with E-state index in [4.69, 9.17) is 0 Å². The highest BCUT2D eigenvalue weighted by atomic mass is 79.9. The SMILES string of the molecule is O=[N+]([O-])c1cc(Br)c(O)c(/C=N/c2nccs2)c1. The normalized spacial score (nSPS) is 10.9. The summed E-state index contributed by atoms with van der Waals surface area (Å²) in [5, 5.41) is 22.7. The monoisotopic (exact) mass is 327 g/mol. The first-order valence-corrected chi connectivity index (χ1v) is 6.35. The Morgan fingerprint density at radius 3 is 2.94 bits per heavy atom. The summed E-state index contributed by atoms with van der Waals surface area (Å²) in [6.07, 6.45) is 2.94. The van der Waals surface area contributed by atoms with E-state index in [1.54, 1.807) is 11.6 Å². The maximum atomic E-state index is 10.7. The highest BCUT2D eigenvalue weighted by Gasteiger charge is 2.13. The number of hydrogen-bond donors (Lipinski definition) is 1. The van der Waals surface area contributed by atoms with Crippen molar-refractivity contribution < 1.29 is 10.0 Å². The van der Waals surface area contributed by atoms with Gasteiger partial charge in [-0.3, -0.25) is 10.1 Å². The molecule has 92 valence electrons. The molecule has 0 bridgehead atoms. The minimum atomic E-state index is -0.537. The Morgan fingerprint density at radius 2 is 2.33 bits per heavy atom. The van der Waals surface area contributed by atoms with Crippen LogP contribution >= 0.6 is 27.3 Å². The summed E-state index contributed by atoms with van der Waals surface area (Å²) in [7, 11) is 0. The average Bonchev–Trinajstić information content (AvgIpc) is 2.83. The van der Waals surface area contributed by atoms with Gasteiger partial charge >= 0.3 is 0 Å². The Hall–Kier alpha value is -1.80. The first kappa shape index (κ1) is 12.7. The third kappa shape index (κ3) is 2.71. The molecule has 0 aliphatic rings. The molecule has 8 heteroatoms. The molecule has 1 N–H and O–H groups in total. The molecule has 2 rings (SSSR count). The van der Waals surface area contributed by atoms with E-state index < -0.39 is 4.92 Å². The van der Waals surface area contributed by atoms with Crippen molar-refractivity contribution in [3.8, 4) is 5.75 Å². The van der Waals surface area contributed by atoms with Gasteiger partial charge in [0.2, 0.25) is 5.13 Å². The molecule has 0 saturated carbocycles. The van der Waals surface area contributed by atoms with Crippen LogP contribution in [0.3, 0.4) is 0 Å². The van der Waals surface area contributed by atoms with E-state index in [1.165, 1.54) is 29.7 Å². The van der Waals surface area contributed by atoms with Crippen LogP contribution in [0.15, 0.2) is 33.2 Å². The number of nitro groups is 1. The number of aromatic hydroxyl groups is 1. The fourth-order valence-corrected chi connectivity index (χ4v) is 2.16. The number of hydrogen-bond acceptors (Lipinski definition) is 6. The number of aliphatic imine (C=N–C) groups is 1. The summed E-state index contributed by atoms with van der Waals surface area (Å²) < 4.78 is 0.247. The molecule has 6 nitrogen and oxygen atoms in total. The maximum Gasteiger partial charge on any atom is 0.271 e. The first-order valence-electron chi connectivity index (χ1n) is 4.68. The van der Waals surface area contributed by atoms with E-state index >= 15 is 0 Å². The van der Waals surface area contributed by atoms with Crippen LogP contribution in [0, 0.1) is 10.1 Å². The number of halogens is 1. The van der Waals surface area contributed by atoms with Crippen LogP contribution in [-0.2, 0) is 0 Å². The smallest absolute Gasteiger partial charge is 0.271 e. The summed E-state index contributed by atoms with van der Waals surface area (Å²) in [5.41, 5.74) is 0.131. The zero-order valence-corrected chi connectivity index (χ0v) is 11.2. The second kappa shape index (κ2) is 5.23. The Bertz CT molecular complexity index is 613. The summed E-state index contributed by atoms with van der Waals surface area (Å²) in [4.78, 5) is 18.1. The second-order valence-electron chi connectivity index (χ2n) is 3.20. The highest BCUT2D eigenvalue weighted by Crippen LogP contribution is 2.31. The average molecular weight is 328 g/mol. The number of nitrogens with zero attached hydrogens (tertiary/aromatic N) is 3. The molecule has 0 saturated heterocycles. The van der Waals surface area contributed by atoms with Crippen LogP contribution in [0.4, 0.5) is 10.8 Å². The van der Waals surface area contributed by atoms with E-state index in [0.717, 1.165) is 0 Å². The van der Waals surface area contributed by atoms with Crippen LogP contribution in [-0.4, -0.2) is 21.2 Å². The quantitative estimate of drug-likeness (QED) is 0.532. The second-order valence-corrected chi connectivity index (χ2v) is 4.92. The summed E-state index contributed by atoms with van der Waals surface area (Å²) in [6, 6.07) is 2.48. The van der Waals surface area contributed by atoms with Crippen molar-refractivity contribution >= 4 is 44.3 Å². The number of aromatic nitrogens is 1. The van der Waals surface area contributed by atoms with Gasteiger partial charge in [-0.05, 0) is 15.9 Å². The molecule has 1 heterocycles. The van der Waals surface area contributed by atoms with Crippen molar-refractivity contribution in [2.75, 3.05) is 0 Å². The molecule has 18 heavy (non-hydrogen) atoms. The van der Waals surface area contributed by atoms with Gasteiger partial charge in [0.05, 0.1) is 9.40 Å². The van der Waals surface area contributed by atoms with E-state index in [0.29, 0.717) is 5.13 Å². The van der Waals surface area contributed by atoms with Crippen LogP contribution in [0.1, 0.15) is 5.56 Å². The zero-order valence-electron chi connectivity index (χ0n) is 8.78. The van der Waals surface area contributed by atoms with Crippen LogP contribution < -0.4 is 0 Å². The molecule has 0 aliphatic carbocycles. The van der Waals surface area contributed by atoms with Gasteiger partial charge in [-0.25, -0.2) is 9.98 Å². The van der Waals surface area contributed by atoms with E-state index in [9.17, 15) is 15.2 Å². The maximum absolute atomic E-state index is 10.7. The molecule has 1 aromatic heterocycles. The lowest BCUT2D eigenvalue weighted by Gasteiger charge is -2.01. The fraction of sp³-hybridized carbons (Fsp3) is 0. The van der Waals surface area contributed by atoms with Crippen molar-refractivity contribution in [2.45, 2.75) is 0 Å². The summed E-state index contributed by atoms with van der Waals surface area (Å²) in [5.74, 6) is -0.0964. The number of nitro benzene ring substituents is 1. The van der Waals surface area contributed by atoms with Crippen molar-refractivity contribution in [1.29, 1.82) is 0 Å². The highest BCUT2D eigenvalue weighted by molar-refractivity contribution is 9.10. The Morgan fingerprint density at radius 1 is 1.56 bits per heavy atom. The Balaban J connectivity index is 2.40. The lowest BCUT2D eigenvalue weighted by Crippen LogP contribution is -1.91. The van der Waals surface area contributed by atoms with Crippen LogP contribution in [0.25, 0.3) is 0 Å². The lowest BCUT2D eigenvalue weighted by atomic mass is 10.2. The minimum absolute atomic E-state index is 0.0964. The molecule has 0 spiro atoms. The molecule has 0 amide bonds. The van der Waals surface area contributed by atoms with Gasteiger partial charge < -0.3 is 5.11 Å². The molecule has 0 radical (unpaired) electrons. The zero-order chi connectivity index (χ0) is 13.1. The Labute approximate surface area is 114 Å². The summed E-state index contributed by atoms with van der Waals surface area (Å²) in [6.45, 7) is 0. The number of rotatable bonds is 3. The largest absolute Gasteiger partial charge is 0.506 e. The van der Waals surface area contributed by atoms with Gasteiger partial charge in [0.1, 0.15) is 5.75 Å².